The molecule has 0 atom stereocenters. The lowest BCUT2D eigenvalue weighted by Crippen LogP contribution is -2.31. The van der Waals surface area contributed by atoms with Crippen LogP contribution in [0.15, 0.2) is 37.0 Å². The molecule has 1 aliphatic rings. The highest BCUT2D eigenvalue weighted by Gasteiger charge is 2.36. The fourth-order valence-corrected chi connectivity index (χ4v) is 0.886. The third kappa shape index (κ3) is 3.09. The molecule has 1 rings (SSSR count). The normalized spacial score (nSPS) is 15.8. The molecule has 0 unspecified atom stereocenters. The quantitative estimate of drug-likeness (QED) is 0.545. The third-order valence-electron chi connectivity index (χ3n) is 1.93. The summed E-state index contributed by atoms with van der Waals surface area (Å²) in [4.78, 5) is 0. The van der Waals surface area contributed by atoms with Gasteiger partial charge in [0.15, 0.2) is 0 Å². The van der Waals surface area contributed by atoms with E-state index in [0.717, 1.165) is 0 Å². The average Bonchev–Trinajstić information content (AvgIpc) is 2.41. The Labute approximate surface area is 90.6 Å². The van der Waals surface area contributed by atoms with Gasteiger partial charge in [-0.2, -0.15) is 0 Å². The van der Waals surface area contributed by atoms with E-state index in [9.17, 15) is 5.11 Å². The van der Waals surface area contributed by atoms with Gasteiger partial charge in [-0.25, -0.2) is 0 Å². The summed E-state index contributed by atoms with van der Waals surface area (Å²) >= 11 is 0. The Morgan fingerprint density at radius 2 is 1.87 bits per heavy atom. The van der Waals surface area contributed by atoms with Gasteiger partial charge in [-0.15, -0.1) is 0 Å². The Kier molecular flexibility index (Phi) is 3.19. The molecule has 1 fully saturated rings. The van der Waals surface area contributed by atoms with Crippen molar-refractivity contribution in [2.24, 2.45) is 0 Å². The van der Waals surface area contributed by atoms with E-state index in [2.05, 4.69) is 19.7 Å². The van der Waals surface area contributed by atoms with Crippen molar-refractivity contribution in [1.82, 2.24) is 0 Å². The lowest BCUT2D eigenvalue weighted by atomic mass is 9.56. The lowest BCUT2D eigenvalue weighted by molar-refractivity contribution is 0.0801. The van der Waals surface area contributed by atoms with Crippen molar-refractivity contribution in [3.05, 3.63) is 37.0 Å². The fourth-order valence-electron chi connectivity index (χ4n) is 0.886. The van der Waals surface area contributed by atoms with Crippen molar-refractivity contribution >= 4 is 14.4 Å². The van der Waals surface area contributed by atoms with Gasteiger partial charge in [0, 0.05) is 0 Å². The van der Waals surface area contributed by atoms with E-state index < -0.39 is 12.6 Å². The molecule has 0 amide bonds. The molecule has 0 aliphatic carbocycles. The van der Waals surface area contributed by atoms with E-state index >= 15 is 0 Å². The maximum atomic E-state index is 9.52. The summed E-state index contributed by atoms with van der Waals surface area (Å²) < 4.78 is 15.6. The first-order valence-electron chi connectivity index (χ1n) is 4.56. The minimum Gasteiger partial charge on any atom is -0.562 e. The van der Waals surface area contributed by atoms with Gasteiger partial charge in [-0.3, -0.25) is 0 Å². The van der Waals surface area contributed by atoms with Gasteiger partial charge in [0.05, 0.1) is 5.76 Å². The first-order valence-corrected chi connectivity index (χ1v) is 4.56. The molecule has 1 N–H and O–H groups in total. The molecule has 1 aliphatic heterocycles. The second kappa shape index (κ2) is 4.06. The van der Waals surface area contributed by atoms with Crippen molar-refractivity contribution in [2.45, 2.75) is 19.4 Å². The summed E-state index contributed by atoms with van der Waals surface area (Å²) in [7, 11) is -0.426. The Balaban J connectivity index is 2.37. The van der Waals surface area contributed by atoms with Crippen molar-refractivity contribution < 1.29 is 19.1 Å². The third-order valence-corrected chi connectivity index (χ3v) is 1.93. The molecule has 0 aromatic carbocycles. The first-order chi connectivity index (χ1) is 6.80. The topological polar surface area (TPSA) is 47.9 Å². The smallest absolute Gasteiger partial charge is 0.562 e. The maximum Gasteiger partial charge on any atom is 0.588 e. The minimum absolute atomic E-state index is 0.140. The molecule has 4 nitrogen and oxygen atoms in total. The SMILES string of the molecule is C=C1OB(BOC(=C)C(C)(C)O)OC1=C. The summed E-state index contributed by atoms with van der Waals surface area (Å²) in [5.74, 6) is 1.06. The minimum atomic E-state index is -1.08. The first kappa shape index (κ1) is 11.8. The number of rotatable bonds is 4. The zero-order chi connectivity index (χ0) is 11.6. The van der Waals surface area contributed by atoms with Crippen LogP contribution in [0.1, 0.15) is 13.8 Å². The van der Waals surface area contributed by atoms with E-state index in [4.69, 9.17) is 14.0 Å². The van der Waals surface area contributed by atoms with Crippen molar-refractivity contribution in [1.29, 1.82) is 0 Å². The summed E-state index contributed by atoms with van der Waals surface area (Å²) in [6.07, 6.45) is 0. The molecular formula is C9H14B2O4. The van der Waals surface area contributed by atoms with Crippen LogP contribution in [0, 0.1) is 0 Å². The van der Waals surface area contributed by atoms with Crippen LogP contribution in [0.2, 0.25) is 0 Å². The van der Waals surface area contributed by atoms with Gasteiger partial charge in [-0.05, 0) is 13.8 Å². The van der Waals surface area contributed by atoms with Crippen LogP contribution in [0.3, 0.4) is 0 Å². The second-order valence-electron chi connectivity index (χ2n) is 3.80. The van der Waals surface area contributed by atoms with Crippen LogP contribution in [-0.2, 0) is 14.0 Å². The lowest BCUT2D eigenvalue weighted by Gasteiger charge is -2.21. The van der Waals surface area contributed by atoms with Crippen molar-refractivity contribution in [3.63, 3.8) is 0 Å². The Morgan fingerprint density at radius 1 is 1.40 bits per heavy atom. The van der Waals surface area contributed by atoms with Crippen LogP contribution >= 0.6 is 0 Å². The van der Waals surface area contributed by atoms with Crippen LogP contribution in [0.5, 0.6) is 0 Å². The van der Waals surface area contributed by atoms with E-state index in [1.54, 1.807) is 13.8 Å². The second-order valence-corrected chi connectivity index (χ2v) is 3.80. The molecular weight excluding hydrogens is 194 g/mol. The Bertz CT molecular complexity index is 290. The highest BCUT2D eigenvalue weighted by atomic mass is 16.6. The number of hydrogen-bond donors (Lipinski definition) is 1. The van der Waals surface area contributed by atoms with Crippen molar-refractivity contribution in [2.75, 3.05) is 0 Å². The zero-order valence-electron chi connectivity index (χ0n) is 9.08. The predicted octanol–water partition coefficient (Wildman–Crippen LogP) is 0.698. The summed E-state index contributed by atoms with van der Waals surface area (Å²) in [6, 6.07) is 0. The molecule has 0 aromatic rings. The zero-order valence-corrected chi connectivity index (χ0v) is 9.08. The molecule has 0 bridgehead atoms. The predicted molar refractivity (Wildman–Crippen MR) is 59.9 cm³/mol. The fraction of sp³-hybridized carbons (Fsp3) is 0.333. The van der Waals surface area contributed by atoms with E-state index in [1.807, 2.05) is 0 Å². The largest absolute Gasteiger partial charge is 0.588 e. The molecule has 80 valence electrons. The highest BCUT2D eigenvalue weighted by molar-refractivity contribution is 7.03. The average molecular weight is 208 g/mol. The molecule has 0 aromatic heterocycles. The van der Waals surface area contributed by atoms with Gasteiger partial charge in [-0.1, -0.05) is 19.7 Å². The van der Waals surface area contributed by atoms with Crippen molar-refractivity contribution in [3.8, 4) is 0 Å². The summed E-state index contributed by atoms with van der Waals surface area (Å²) in [5.41, 5.74) is -1.08. The maximum absolute atomic E-state index is 9.52. The molecule has 0 spiro atoms. The monoisotopic (exact) mass is 208 g/mol. The molecule has 1 saturated heterocycles. The van der Waals surface area contributed by atoms with Gasteiger partial charge < -0.3 is 19.1 Å². The van der Waals surface area contributed by atoms with Crippen LogP contribution in [0.4, 0.5) is 0 Å². The van der Waals surface area contributed by atoms with Gasteiger partial charge in [0.1, 0.15) is 17.1 Å². The van der Waals surface area contributed by atoms with Crippen LogP contribution in [-0.4, -0.2) is 25.1 Å². The standard InChI is InChI=1S/C9H14B2O4/c1-6-7(2)15-11(14-6)10-13-8(3)9(4,5)12/h10,12H,1-3H2,4-5H3. The number of aliphatic hydroxyl groups is 1. The molecule has 0 saturated carbocycles. The Hall–Kier alpha value is -1.29. The van der Waals surface area contributed by atoms with Gasteiger partial charge in [0.25, 0.3) is 0 Å². The molecule has 0 radical (unpaired) electrons. The van der Waals surface area contributed by atoms with Gasteiger partial charge in [0.2, 0.25) is 0 Å². The van der Waals surface area contributed by atoms with Gasteiger partial charge >= 0.3 is 14.4 Å². The summed E-state index contributed by atoms with van der Waals surface area (Å²) in [6.45, 7) is 13.9. The summed E-state index contributed by atoms with van der Waals surface area (Å²) in [5, 5.41) is 9.52. The van der Waals surface area contributed by atoms with Crippen LogP contribution in [0.25, 0.3) is 0 Å². The van der Waals surface area contributed by atoms with E-state index in [-0.39, 0.29) is 13.1 Å². The van der Waals surface area contributed by atoms with Crippen LogP contribution < -0.4 is 0 Å². The van der Waals surface area contributed by atoms with E-state index in [1.165, 1.54) is 0 Å². The van der Waals surface area contributed by atoms with E-state index in [0.29, 0.717) is 11.5 Å². The molecule has 1 heterocycles. The molecule has 15 heavy (non-hydrogen) atoms. The highest BCUT2D eigenvalue weighted by Crippen LogP contribution is 2.21. The molecule has 6 heteroatoms. The Morgan fingerprint density at radius 3 is 2.27 bits per heavy atom. The number of hydrogen-bond acceptors (Lipinski definition) is 4.